The van der Waals surface area contributed by atoms with Crippen LogP contribution in [0.3, 0.4) is 0 Å². The largest absolute Gasteiger partial charge is 0.419 e. The monoisotopic (exact) mass is 334 g/mol. The summed E-state index contributed by atoms with van der Waals surface area (Å²) in [5.74, 6) is -1.34. The molecule has 0 aliphatic heterocycles. The maximum Gasteiger partial charge on any atom is 0.250 e. The van der Waals surface area contributed by atoms with E-state index in [2.05, 4.69) is 20.2 Å². The third-order valence-electron chi connectivity index (χ3n) is 2.92. The smallest absolute Gasteiger partial charge is 0.250 e. The highest BCUT2D eigenvalue weighted by Gasteiger charge is 2.23. The van der Waals surface area contributed by atoms with Crippen LogP contribution >= 0.6 is 0 Å². The Labute approximate surface area is 131 Å². The van der Waals surface area contributed by atoms with Crippen molar-refractivity contribution < 1.29 is 17.2 Å². The Morgan fingerprint density at radius 3 is 2.52 bits per heavy atom. The Morgan fingerprint density at radius 1 is 1.13 bits per heavy atom. The number of aromatic nitrogens is 4. The summed E-state index contributed by atoms with van der Waals surface area (Å²) in [7, 11) is -3.82. The fourth-order valence-electron chi connectivity index (χ4n) is 1.82. The van der Waals surface area contributed by atoms with Gasteiger partial charge >= 0.3 is 0 Å². The molecule has 3 rings (SSSR count). The normalized spacial score (nSPS) is 11.6. The molecule has 9 heteroatoms. The van der Waals surface area contributed by atoms with Gasteiger partial charge in [-0.05, 0) is 24.6 Å². The molecule has 3 aromatic rings. The van der Waals surface area contributed by atoms with Gasteiger partial charge in [-0.15, -0.1) is 10.2 Å². The first-order chi connectivity index (χ1) is 11.0. The van der Waals surface area contributed by atoms with E-state index >= 15 is 0 Å². The number of aryl methyl sites for hydroxylation is 1. The van der Waals surface area contributed by atoms with Crippen LogP contribution in [0.1, 0.15) is 11.5 Å². The van der Waals surface area contributed by atoms with Gasteiger partial charge in [-0.3, -0.25) is 0 Å². The summed E-state index contributed by atoms with van der Waals surface area (Å²) in [6, 6.07) is 5.84. The van der Waals surface area contributed by atoms with Crippen molar-refractivity contribution in [3.63, 3.8) is 0 Å². The van der Waals surface area contributed by atoms with Crippen LogP contribution in [0.4, 0.5) is 4.39 Å². The van der Waals surface area contributed by atoms with Gasteiger partial charge in [0.2, 0.25) is 20.9 Å². The zero-order chi connectivity index (χ0) is 16.4. The Bertz CT molecular complexity index is 939. The molecule has 0 unspecified atom stereocenters. The summed E-state index contributed by atoms with van der Waals surface area (Å²) in [4.78, 5) is 7.55. The van der Waals surface area contributed by atoms with Gasteiger partial charge in [0.1, 0.15) is 11.6 Å². The molecule has 2 aromatic heterocycles. The fraction of sp³-hybridized carbons (Fsp3) is 0.143. The summed E-state index contributed by atoms with van der Waals surface area (Å²) < 4.78 is 43.3. The van der Waals surface area contributed by atoms with Crippen molar-refractivity contribution in [1.82, 2.24) is 20.2 Å². The Hall–Kier alpha value is -2.68. The second kappa shape index (κ2) is 5.84. The van der Waals surface area contributed by atoms with Crippen molar-refractivity contribution in [2.75, 3.05) is 0 Å². The molecule has 0 aliphatic carbocycles. The summed E-state index contributed by atoms with van der Waals surface area (Å²) in [5, 5.41) is 7.00. The van der Waals surface area contributed by atoms with Crippen molar-refractivity contribution in [3.05, 3.63) is 53.9 Å². The number of sulfone groups is 1. The van der Waals surface area contributed by atoms with Gasteiger partial charge in [0, 0.05) is 12.4 Å². The van der Waals surface area contributed by atoms with Gasteiger partial charge in [0.15, 0.2) is 0 Å². The van der Waals surface area contributed by atoms with Crippen LogP contribution in [0, 0.1) is 12.7 Å². The molecule has 0 bridgehead atoms. The zero-order valence-electron chi connectivity index (χ0n) is 12.0. The quantitative estimate of drug-likeness (QED) is 0.672. The number of hydrogen-bond acceptors (Lipinski definition) is 7. The van der Waals surface area contributed by atoms with Crippen LogP contribution < -0.4 is 0 Å². The SMILES string of the molecule is Cc1cnc(S(=O)(=O)Cc2nnc(-c3ccccc3F)o2)nc1. The average molecular weight is 334 g/mol. The van der Waals surface area contributed by atoms with Crippen molar-refractivity contribution in [2.24, 2.45) is 0 Å². The molecule has 0 fully saturated rings. The predicted molar refractivity (Wildman–Crippen MR) is 77.4 cm³/mol. The molecule has 0 aliphatic rings. The van der Waals surface area contributed by atoms with Gasteiger partial charge < -0.3 is 4.42 Å². The lowest BCUT2D eigenvalue weighted by Gasteiger charge is -2.00. The van der Waals surface area contributed by atoms with Gasteiger partial charge in [0.25, 0.3) is 5.89 Å². The van der Waals surface area contributed by atoms with E-state index in [4.69, 9.17) is 4.42 Å². The van der Waals surface area contributed by atoms with E-state index in [-0.39, 0.29) is 22.5 Å². The molecule has 1 aromatic carbocycles. The predicted octanol–water partition coefficient (Wildman–Crippen LogP) is 1.95. The summed E-state index contributed by atoms with van der Waals surface area (Å²) in [5.41, 5.74) is 0.846. The van der Waals surface area contributed by atoms with Crippen LogP contribution in [-0.4, -0.2) is 28.6 Å². The molecular formula is C14H11FN4O3S. The standard InChI is InChI=1S/C14H11FN4O3S/c1-9-6-16-14(17-7-9)23(20,21)8-12-18-19-13(22-12)10-4-2-3-5-11(10)15/h2-7H,8H2,1H3. The molecule has 0 N–H and O–H groups in total. The van der Waals surface area contributed by atoms with E-state index in [1.54, 1.807) is 13.0 Å². The second-order valence-corrected chi connectivity index (χ2v) is 6.67. The maximum absolute atomic E-state index is 13.7. The van der Waals surface area contributed by atoms with Crippen LogP contribution in [0.5, 0.6) is 0 Å². The average Bonchev–Trinajstić information content (AvgIpc) is 2.95. The molecule has 0 amide bonds. The third kappa shape index (κ3) is 3.24. The number of hydrogen-bond donors (Lipinski definition) is 0. The summed E-state index contributed by atoms with van der Waals surface area (Å²) >= 11 is 0. The zero-order valence-corrected chi connectivity index (χ0v) is 12.8. The van der Waals surface area contributed by atoms with Gasteiger partial charge in [-0.2, -0.15) is 0 Å². The molecular weight excluding hydrogens is 323 g/mol. The molecule has 118 valence electrons. The van der Waals surface area contributed by atoms with E-state index in [1.165, 1.54) is 30.6 Å². The third-order valence-corrected chi connectivity index (χ3v) is 4.31. The molecule has 0 spiro atoms. The molecule has 7 nitrogen and oxygen atoms in total. The van der Waals surface area contributed by atoms with E-state index < -0.39 is 21.4 Å². The van der Waals surface area contributed by atoms with Gasteiger partial charge in [0.05, 0.1) is 5.56 Å². The molecule has 0 saturated carbocycles. The summed E-state index contributed by atoms with van der Waals surface area (Å²) in [6.07, 6.45) is 2.80. The molecule has 23 heavy (non-hydrogen) atoms. The Morgan fingerprint density at radius 2 is 1.83 bits per heavy atom. The van der Waals surface area contributed by atoms with E-state index in [9.17, 15) is 12.8 Å². The lowest BCUT2D eigenvalue weighted by molar-refractivity contribution is 0.512. The van der Waals surface area contributed by atoms with Crippen molar-refractivity contribution in [3.8, 4) is 11.5 Å². The van der Waals surface area contributed by atoms with Crippen LogP contribution in [-0.2, 0) is 15.6 Å². The minimum absolute atomic E-state index is 0.0851. The molecule has 0 atom stereocenters. The minimum Gasteiger partial charge on any atom is -0.419 e. The topological polar surface area (TPSA) is 98.8 Å². The first-order valence-electron chi connectivity index (χ1n) is 6.54. The molecule has 0 radical (unpaired) electrons. The number of benzene rings is 1. The van der Waals surface area contributed by atoms with Gasteiger partial charge in [-0.25, -0.2) is 22.8 Å². The van der Waals surface area contributed by atoms with E-state index in [0.29, 0.717) is 0 Å². The molecule has 2 heterocycles. The van der Waals surface area contributed by atoms with Crippen molar-refractivity contribution in [2.45, 2.75) is 17.8 Å². The van der Waals surface area contributed by atoms with Crippen LogP contribution in [0.2, 0.25) is 0 Å². The lowest BCUT2D eigenvalue weighted by atomic mass is 10.2. The number of halogens is 1. The summed E-state index contributed by atoms with van der Waals surface area (Å²) in [6.45, 7) is 1.75. The highest BCUT2D eigenvalue weighted by Crippen LogP contribution is 2.22. The number of rotatable bonds is 4. The second-order valence-electron chi connectivity index (χ2n) is 4.78. The Balaban J connectivity index is 1.87. The van der Waals surface area contributed by atoms with Gasteiger partial charge in [-0.1, -0.05) is 12.1 Å². The highest BCUT2D eigenvalue weighted by molar-refractivity contribution is 7.90. The first kappa shape index (κ1) is 15.2. The highest BCUT2D eigenvalue weighted by atomic mass is 32.2. The van der Waals surface area contributed by atoms with Crippen LogP contribution in [0.25, 0.3) is 11.5 Å². The van der Waals surface area contributed by atoms with Crippen molar-refractivity contribution in [1.29, 1.82) is 0 Å². The maximum atomic E-state index is 13.7. The Kier molecular flexibility index (Phi) is 3.87. The van der Waals surface area contributed by atoms with E-state index in [0.717, 1.165) is 5.56 Å². The first-order valence-corrected chi connectivity index (χ1v) is 8.19. The number of nitrogens with zero attached hydrogens (tertiary/aromatic N) is 4. The molecule has 0 saturated heterocycles. The van der Waals surface area contributed by atoms with E-state index in [1.807, 2.05) is 0 Å². The minimum atomic E-state index is -3.82. The fourth-order valence-corrected chi connectivity index (χ4v) is 2.82. The van der Waals surface area contributed by atoms with Crippen LogP contribution in [0.15, 0.2) is 46.2 Å². The van der Waals surface area contributed by atoms with Crippen molar-refractivity contribution >= 4 is 9.84 Å². The lowest BCUT2D eigenvalue weighted by Crippen LogP contribution is -2.09.